The van der Waals surface area contributed by atoms with Crippen LogP contribution < -0.4 is 0 Å². The molecule has 0 aliphatic carbocycles. The van der Waals surface area contributed by atoms with E-state index in [1.54, 1.807) is 22.7 Å². The third-order valence-electron chi connectivity index (χ3n) is 2.11. The third kappa shape index (κ3) is 3.47. The van der Waals surface area contributed by atoms with E-state index in [9.17, 15) is 0 Å². The molecule has 2 heterocycles. The van der Waals surface area contributed by atoms with Crippen molar-refractivity contribution < 1.29 is 0 Å². The molecule has 0 saturated heterocycles. The monoisotopic (exact) mass is 291 g/mol. The summed E-state index contributed by atoms with van der Waals surface area (Å²) >= 11 is 15.0. The number of hydrogen-bond donors (Lipinski definition) is 0. The Hall–Kier alpha value is -0.0600. The summed E-state index contributed by atoms with van der Waals surface area (Å²) in [5.41, 5.74) is 0. The van der Waals surface area contributed by atoms with Gasteiger partial charge in [-0.3, -0.25) is 4.90 Å². The lowest BCUT2D eigenvalue weighted by molar-refractivity contribution is 0.325. The zero-order valence-electron chi connectivity index (χ0n) is 8.74. The van der Waals surface area contributed by atoms with Crippen molar-refractivity contribution in [1.29, 1.82) is 0 Å². The molecule has 1 nitrogen and oxygen atoms in total. The largest absolute Gasteiger partial charge is 0.296 e. The first-order chi connectivity index (χ1) is 7.63. The maximum absolute atomic E-state index is 5.89. The van der Waals surface area contributed by atoms with Crippen molar-refractivity contribution in [3.8, 4) is 0 Å². The number of nitrogens with zero attached hydrogens (tertiary/aromatic N) is 1. The van der Waals surface area contributed by atoms with Gasteiger partial charge in [-0.05, 0) is 31.3 Å². The number of rotatable bonds is 4. The van der Waals surface area contributed by atoms with Crippen LogP contribution >= 0.6 is 45.9 Å². The summed E-state index contributed by atoms with van der Waals surface area (Å²) in [6.07, 6.45) is 0. The quantitative estimate of drug-likeness (QED) is 0.786. The molecule has 0 aliphatic rings. The normalized spacial score (nSPS) is 11.2. The van der Waals surface area contributed by atoms with Crippen molar-refractivity contribution in [1.82, 2.24) is 4.90 Å². The smallest absolute Gasteiger partial charge is 0.0931 e. The summed E-state index contributed by atoms with van der Waals surface area (Å²) < 4.78 is 1.70. The summed E-state index contributed by atoms with van der Waals surface area (Å²) in [6.45, 7) is 1.85. The molecule has 0 atom stereocenters. The van der Waals surface area contributed by atoms with Crippen LogP contribution in [0.5, 0.6) is 0 Å². The van der Waals surface area contributed by atoms with Gasteiger partial charge in [-0.1, -0.05) is 23.2 Å². The van der Waals surface area contributed by atoms with Gasteiger partial charge in [0.25, 0.3) is 0 Å². The molecule has 0 saturated carbocycles. The van der Waals surface area contributed by atoms with Gasteiger partial charge in [-0.25, -0.2) is 0 Å². The lowest BCUT2D eigenvalue weighted by atomic mass is 10.4. The molecule has 86 valence electrons. The highest BCUT2D eigenvalue weighted by Gasteiger charge is 2.05. The Kier molecular flexibility index (Phi) is 4.27. The average molecular weight is 292 g/mol. The first-order valence-electron chi connectivity index (χ1n) is 4.80. The zero-order valence-corrected chi connectivity index (χ0v) is 11.9. The van der Waals surface area contributed by atoms with Crippen LogP contribution in [0.2, 0.25) is 8.67 Å². The number of halogens is 2. The van der Waals surface area contributed by atoms with Crippen LogP contribution in [0.1, 0.15) is 9.75 Å². The van der Waals surface area contributed by atoms with Gasteiger partial charge < -0.3 is 0 Å². The third-order valence-corrected chi connectivity index (χ3v) is 4.54. The van der Waals surface area contributed by atoms with E-state index in [2.05, 4.69) is 24.1 Å². The van der Waals surface area contributed by atoms with Crippen LogP contribution in [0.4, 0.5) is 0 Å². The van der Waals surface area contributed by atoms with Crippen molar-refractivity contribution in [3.05, 3.63) is 42.7 Å². The van der Waals surface area contributed by atoms with Crippen molar-refractivity contribution in [2.75, 3.05) is 7.05 Å². The molecule has 0 aromatic carbocycles. The molecule has 16 heavy (non-hydrogen) atoms. The summed E-state index contributed by atoms with van der Waals surface area (Å²) in [6, 6.07) is 8.03. The molecule has 0 radical (unpaired) electrons. The van der Waals surface area contributed by atoms with E-state index in [1.165, 1.54) is 9.75 Å². The van der Waals surface area contributed by atoms with Gasteiger partial charge in [0.2, 0.25) is 0 Å². The predicted octanol–water partition coefficient (Wildman–Crippen LogP) is 4.75. The molecule has 0 N–H and O–H groups in total. The number of hydrogen-bond acceptors (Lipinski definition) is 3. The molecule has 2 rings (SSSR count). The maximum Gasteiger partial charge on any atom is 0.0931 e. The molecule has 2 aromatic heterocycles. The zero-order chi connectivity index (χ0) is 11.5. The van der Waals surface area contributed by atoms with Gasteiger partial charge in [-0.15, -0.1) is 22.7 Å². The minimum atomic E-state index is 0.850. The fourth-order valence-corrected chi connectivity index (χ4v) is 3.80. The summed E-state index contributed by atoms with van der Waals surface area (Å²) in [5, 5.41) is 0. The molecule has 0 bridgehead atoms. The molecule has 0 aliphatic heterocycles. The van der Waals surface area contributed by atoms with Gasteiger partial charge >= 0.3 is 0 Å². The lowest BCUT2D eigenvalue weighted by Gasteiger charge is -2.13. The van der Waals surface area contributed by atoms with Crippen LogP contribution in [-0.4, -0.2) is 11.9 Å². The van der Waals surface area contributed by atoms with E-state index in [-0.39, 0.29) is 0 Å². The topological polar surface area (TPSA) is 3.24 Å². The van der Waals surface area contributed by atoms with Gasteiger partial charge in [0, 0.05) is 22.8 Å². The van der Waals surface area contributed by atoms with E-state index >= 15 is 0 Å². The summed E-state index contributed by atoms with van der Waals surface area (Å²) in [7, 11) is 2.10. The van der Waals surface area contributed by atoms with Crippen LogP contribution in [0.15, 0.2) is 24.3 Å². The Balaban J connectivity index is 1.91. The molecule has 0 fully saturated rings. The van der Waals surface area contributed by atoms with Crippen LogP contribution in [0, 0.1) is 0 Å². The van der Waals surface area contributed by atoms with Gasteiger partial charge in [-0.2, -0.15) is 0 Å². The standard InChI is InChI=1S/C11H11Cl2NS2/c1-14(6-8-2-4-10(12)15-8)7-9-3-5-11(13)16-9/h2-5H,6-7H2,1H3. The van der Waals surface area contributed by atoms with Gasteiger partial charge in [0.1, 0.15) is 0 Å². The molecule has 0 spiro atoms. The molecule has 2 aromatic rings. The van der Waals surface area contributed by atoms with E-state index in [0.29, 0.717) is 0 Å². The minimum Gasteiger partial charge on any atom is -0.296 e. The summed E-state index contributed by atoms with van der Waals surface area (Å²) in [5.74, 6) is 0. The highest BCUT2D eigenvalue weighted by atomic mass is 35.5. The fourth-order valence-electron chi connectivity index (χ4n) is 1.46. The Labute approximate surface area is 113 Å². The second-order valence-corrected chi connectivity index (χ2v) is 7.18. The Morgan fingerprint density at radius 2 is 1.38 bits per heavy atom. The minimum absolute atomic E-state index is 0.850. The van der Waals surface area contributed by atoms with E-state index in [0.717, 1.165) is 21.8 Å². The van der Waals surface area contributed by atoms with Crippen molar-refractivity contribution in [2.24, 2.45) is 0 Å². The molecule has 5 heteroatoms. The Morgan fingerprint density at radius 1 is 0.938 bits per heavy atom. The Morgan fingerprint density at radius 3 is 1.69 bits per heavy atom. The second-order valence-electron chi connectivity index (χ2n) is 3.58. The highest BCUT2D eigenvalue weighted by molar-refractivity contribution is 7.16. The van der Waals surface area contributed by atoms with E-state index in [1.807, 2.05) is 12.1 Å². The van der Waals surface area contributed by atoms with E-state index in [4.69, 9.17) is 23.2 Å². The van der Waals surface area contributed by atoms with Crippen molar-refractivity contribution >= 4 is 45.9 Å². The lowest BCUT2D eigenvalue weighted by Crippen LogP contribution is -2.15. The fraction of sp³-hybridized carbons (Fsp3) is 0.273. The first-order valence-corrected chi connectivity index (χ1v) is 7.19. The second kappa shape index (κ2) is 5.52. The molecule has 0 unspecified atom stereocenters. The predicted molar refractivity (Wildman–Crippen MR) is 73.8 cm³/mol. The van der Waals surface area contributed by atoms with Crippen molar-refractivity contribution in [3.63, 3.8) is 0 Å². The van der Waals surface area contributed by atoms with Gasteiger partial charge in [0.05, 0.1) is 8.67 Å². The van der Waals surface area contributed by atoms with Crippen LogP contribution in [0.3, 0.4) is 0 Å². The summed E-state index contributed by atoms with van der Waals surface area (Å²) in [4.78, 5) is 4.83. The molecule has 0 amide bonds. The number of thiophene rings is 2. The maximum atomic E-state index is 5.89. The van der Waals surface area contributed by atoms with E-state index < -0.39 is 0 Å². The molecular weight excluding hydrogens is 281 g/mol. The molecular formula is C11H11Cl2NS2. The first kappa shape index (κ1) is 12.4. The van der Waals surface area contributed by atoms with Gasteiger partial charge in [0.15, 0.2) is 0 Å². The highest BCUT2D eigenvalue weighted by Crippen LogP contribution is 2.25. The van der Waals surface area contributed by atoms with Crippen LogP contribution in [-0.2, 0) is 13.1 Å². The average Bonchev–Trinajstić information content (AvgIpc) is 2.76. The van der Waals surface area contributed by atoms with Crippen molar-refractivity contribution in [2.45, 2.75) is 13.1 Å². The van der Waals surface area contributed by atoms with Crippen LogP contribution in [0.25, 0.3) is 0 Å². The Bertz CT molecular complexity index is 422. The SMILES string of the molecule is CN(Cc1ccc(Cl)s1)Cc1ccc(Cl)s1.